The topological polar surface area (TPSA) is 87.7 Å². The van der Waals surface area contributed by atoms with Crippen molar-refractivity contribution in [2.45, 2.75) is 20.3 Å². The first kappa shape index (κ1) is 19.5. The smallest absolute Gasteiger partial charge is 0.337 e. The van der Waals surface area contributed by atoms with Crippen LogP contribution in [0.1, 0.15) is 43.0 Å². The molecule has 0 saturated carbocycles. The molecular weight excluding hydrogens is 380 g/mol. The summed E-state index contributed by atoms with van der Waals surface area (Å²) in [6, 6.07) is 15.1. The van der Waals surface area contributed by atoms with Gasteiger partial charge in [-0.15, -0.1) is 0 Å². The van der Waals surface area contributed by atoms with Crippen LogP contribution >= 0.6 is 0 Å². The minimum atomic E-state index is -1.14. The first-order valence-electron chi connectivity index (χ1n) is 9.63. The second-order valence-corrected chi connectivity index (χ2v) is 7.43. The Morgan fingerprint density at radius 3 is 2.40 bits per heavy atom. The van der Waals surface area contributed by atoms with E-state index < -0.39 is 5.97 Å². The van der Waals surface area contributed by atoms with Crippen molar-refractivity contribution in [1.29, 1.82) is 0 Å². The van der Waals surface area contributed by atoms with Crippen LogP contribution in [0.15, 0.2) is 48.5 Å². The van der Waals surface area contributed by atoms with Crippen LogP contribution in [-0.4, -0.2) is 24.0 Å². The van der Waals surface area contributed by atoms with E-state index in [1.807, 2.05) is 18.2 Å². The number of fused-ring (bicyclic) bond motifs is 2. The number of aromatic carboxylic acids is 1. The zero-order chi connectivity index (χ0) is 21.4. The molecule has 152 valence electrons. The number of carboxylic acids is 1. The summed E-state index contributed by atoms with van der Waals surface area (Å²) < 4.78 is 5.94. The largest absolute Gasteiger partial charge is 0.478 e. The molecule has 0 fully saturated rings. The van der Waals surface area contributed by atoms with Gasteiger partial charge in [0.05, 0.1) is 16.9 Å². The lowest BCUT2D eigenvalue weighted by Crippen LogP contribution is -2.19. The van der Waals surface area contributed by atoms with Gasteiger partial charge in [-0.1, -0.05) is 24.3 Å². The molecule has 1 amide bonds. The van der Waals surface area contributed by atoms with Crippen molar-refractivity contribution in [2.24, 2.45) is 0 Å². The molecular formula is C24H22N2O4. The molecule has 1 aliphatic heterocycles. The molecule has 0 atom stereocenters. The van der Waals surface area contributed by atoms with Crippen LogP contribution in [0, 0.1) is 13.8 Å². The van der Waals surface area contributed by atoms with Crippen molar-refractivity contribution < 1.29 is 19.4 Å². The summed E-state index contributed by atoms with van der Waals surface area (Å²) in [6.45, 7) is 4.19. The monoisotopic (exact) mass is 402 g/mol. The number of rotatable bonds is 4. The van der Waals surface area contributed by atoms with E-state index in [4.69, 9.17) is 4.74 Å². The summed E-state index contributed by atoms with van der Waals surface area (Å²) in [5, 5.41) is 15.3. The Morgan fingerprint density at radius 2 is 1.70 bits per heavy atom. The highest BCUT2D eigenvalue weighted by Crippen LogP contribution is 2.44. The lowest BCUT2D eigenvalue weighted by Gasteiger charge is -2.24. The Labute approximate surface area is 174 Å². The molecule has 0 unspecified atom stereocenters. The summed E-state index contributed by atoms with van der Waals surface area (Å²) in [5.74, 6) is -0.624. The van der Waals surface area contributed by atoms with Crippen molar-refractivity contribution in [2.75, 3.05) is 12.4 Å². The van der Waals surface area contributed by atoms with E-state index in [1.165, 1.54) is 29.8 Å². The van der Waals surface area contributed by atoms with Gasteiger partial charge >= 0.3 is 5.97 Å². The highest BCUT2D eigenvalue weighted by molar-refractivity contribution is 6.03. The number of carboxylic acid groups (broad SMARTS) is 1. The van der Waals surface area contributed by atoms with E-state index >= 15 is 0 Å². The maximum Gasteiger partial charge on any atom is 0.337 e. The summed E-state index contributed by atoms with van der Waals surface area (Å²) in [7, 11) is 1.49. The number of hydrogen-bond donors (Lipinski definition) is 3. The van der Waals surface area contributed by atoms with E-state index in [-0.39, 0.29) is 17.0 Å². The van der Waals surface area contributed by atoms with Crippen LogP contribution in [0.25, 0.3) is 0 Å². The van der Waals surface area contributed by atoms with E-state index in [0.717, 1.165) is 12.0 Å². The lowest BCUT2D eigenvalue weighted by molar-refractivity contribution is 0.0697. The predicted molar refractivity (Wildman–Crippen MR) is 115 cm³/mol. The SMILES string of the molecule is CNC(=O)c1cc2c(c(C(=O)O)c1)Nc1cc(Cc3ccc(C)c(C)c3)ccc1O2. The van der Waals surface area contributed by atoms with Crippen molar-refractivity contribution in [3.63, 3.8) is 0 Å². The number of amides is 1. The Kier molecular flexibility index (Phi) is 4.91. The Hall–Kier alpha value is -3.80. The van der Waals surface area contributed by atoms with Gasteiger partial charge in [0.25, 0.3) is 5.91 Å². The first-order valence-corrected chi connectivity index (χ1v) is 9.63. The van der Waals surface area contributed by atoms with E-state index in [1.54, 1.807) is 6.07 Å². The van der Waals surface area contributed by atoms with E-state index in [9.17, 15) is 14.7 Å². The Bertz CT molecular complexity index is 1180. The molecule has 1 heterocycles. The third-order valence-corrected chi connectivity index (χ3v) is 5.32. The molecule has 30 heavy (non-hydrogen) atoms. The summed E-state index contributed by atoms with van der Waals surface area (Å²) in [5.41, 5.74) is 6.03. The number of hydrogen-bond acceptors (Lipinski definition) is 4. The predicted octanol–water partition coefficient (Wildman–Crippen LogP) is 4.80. The molecule has 0 spiro atoms. The summed E-state index contributed by atoms with van der Waals surface area (Å²) in [6.07, 6.45) is 0.754. The van der Waals surface area contributed by atoms with Crippen molar-refractivity contribution in [3.8, 4) is 11.5 Å². The van der Waals surface area contributed by atoms with Gasteiger partial charge in [0.15, 0.2) is 11.5 Å². The second-order valence-electron chi connectivity index (χ2n) is 7.43. The molecule has 6 nitrogen and oxygen atoms in total. The maximum atomic E-state index is 12.0. The number of benzene rings is 3. The molecule has 6 heteroatoms. The highest BCUT2D eigenvalue weighted by Gasteiger charge is 2.25. The Balaban J connectivity index is 1.68. The minimum Gasteiger partial charge on any atom is -0.478 e. The second kappa shape index (κ2) is 7.55. The van der Waals surface area contributed by atoms with Gasteiger partial charge in [-0.05, 0) is 66.8 Å². The van der Waals surface area contributed by atoms with Crippen molar-refractivity contribution in [1.82, 2.24) is 5.32 Å². The lowest BCUT2D eigenvalue weighted by atomic mass is 9.99. The van der Waals surface area contributed by atoms with Gasteiger partial charge in [-0.25, -0.2) is 4.79 Å². The van der Waals surface area contributed by atoms with Crippen molar-refractivity contribution >= 4 is 23.3 Å². The number of nitrogens with one attached hydrogen (secondary N) is 2. The van der Waals surface area contributed by atoms with Crippen LogP contribution < -0.4 is 15.4 Å². The van der Waals surface area contributed by atoms with Gasteiger partial charge in [0, 0.05) is 12.6 Å². The first-order chi connectivity index (χ1) is 14.4. The van der Waals surface area contributed by atoms with Gasteiger partial charge in [-0.2, -0.15) is 0 Å². The average Bonchev–Trinajstić information content (AvgIpc) is 2.73. The van der Waals surface area contributed by atoms with Crippen LogP contribution in [-0.2, 0) is 6.42 Å². The maximum absolute atomic E-state index is 12.0. The summed E-state index contributed by atoms with van der Waals surface area (Å²) >= 11 is 0. The van der Waals surface area contributed by atoms with Crippen molar-refractivity contribution in [3.05, 3.63) is 81.9 Å². The third kappa shape index (κ3) is 3.59. The third-order valence-electron chi connectivity index (χ3n) is 5.32. The van der Waals surface area contributed by atoms with Gasteiger partial charge in [0.1, 0.15) is 0 Å². The van der Waals surface area contributed by atoms with Crippen LogP contribution in [0.3, 0.4) is 0 Å². The standard InChI is InChI=1S/C24H22N2O4/c1-13-4-5-15(8-14(13)2)9-16-6-7-20-19(10-16)26-22-18(24(28)29)11-17(23(27)25-3)12-21(22)30-20/h4-8,10-12,26H,9H2,1-3H3,(H,25,27)(H,28,29). The Morgan fingerprint density at radius 1 is 0.967 bits per heavy atom. The van der Waals surface area contributed by atoms with Gasteiger partial charge in [-0.3, -0.25) is 4.79 Å². The summed E-state index contributed by atoms with van der Waals surface area (Å²) in [4.78, 5) is 23.8. The number of carbonyl (C=O) groups excluding carboxylic acids is 1. The van der Waals surface area contributed by atoms with Crippen LogP contribution in [0.2, 0.25) is 0 Å². The molecule has 3 aromatic rings. The normalized spacial score (nSPS) is 11.6. The molecule has 0 radical (unpaired) electrons. The van der Waals surface area contributed by atoms with E-state index in [2.05, 4.69) is 42.7 Å². The number of anilines is 2. The zero-order valence-electron chi connectivity index (χ0n) is 17.0. The molecule has 0 saturated heterocycles. The fourth-order valence-electron chi connectivity index (χ4n) is 3.55. The fraction of sp³-hybridized carbons (Fsp3) is 0.167. The molecule has 3 N–H and O–H groups in total. The molecule has 0 bridgehead atoms. The van der Waals surface area contributed by atoms with Crippen LogP contribution in [0.5, 0.6) is 11.5 Å². The number of carbonyl (C=O) groups is 2. The molecule has 0 aromatic heterocycles. The molecule has 4 rings (SSSR count). The van der Waals surface area contributed by atoms with E-state index in [0.29, 0.717) is 22.9 Å². The highest BCUT2D eigenvalue weighted by atomic mass is 16.5. The average molecular weight is 402 g/mol. The molecule has 3 aromatic carbocycles. The minimum absolute atomic E-state index is 0.0173. The van der Waals surface area contributed by atoms with Crippen LogP contribution in [0.4, 0.5) is 11.4 Å². The van der Waals surface area contributed by atoms with Gasteiger partial charge < -0.3 is 20.5 Å². The molecule has 0 aliphatic carbocycles. The number of ether oxygens (including phenoxy) is 1. The fourth-order valence-corrected chi connectivity index (χ4v) is 3.55. The molecule has 1 aliphatic rings. The number of aryl methyl sites for hydroxylation is 2. The van der Waals surface area contributed by atoms with Gasteiger partial charge in [0.2, 0.25) is 0 Å². The quantitative estimate of drug-likeness (QED) is 0.456. The zero-order valence-corrected chi connectivity index (χ0v) is 17.0.